The number of aryl methyl sites for hydroxylation is 2. The van der Waals surface area contributed by atoms with Crippen LogP contribution < -0.4 is 4.90 Å². The maximum absolute atomic E-state index is 2.56. The molecule has 2 aromatic carbocycles. The molecular formula is C21H27N. The smallest absolute Gasteiger partial charge is 0.0413 e. The van der Waals surface area contributed by atoms with Gasteiger partial charge in [0.05, 0.1) is 0 Å². The Bertz CT molecular complexity index is 543. The zero-order valence-electron chi connectivity index (χ0n) is 14.0. The van der Waals surface area contributed by atoms with Crippen molar-refractivity contribution in [3.63, 3.8) is 0 Å². The van der Waals surface area contributed by atoms with E-state index >= 15 is 0 Å². The highest BCUT2D eigenvalue weighted by Gasteiger charge is 2.25. The van der Waals surface area contributed by atoms with E-state index in [1.165, 1.54) is 48.2 Å². The second-order valence-electron chi connectivity index (χ2n) is 6.95. The van der Waals surface area contributed by atoms with Crippen molar-refractivity contribution in [3.8, 4) is 0 Å². The highest BCUT2D eigenvalue weighted by Crippen LogP contribution is 2.35. The van der Waals surface area contributed by atoms with E-state index in [9.17, 15) is 0 Å². The van der Waals surface area contributed by atoms with Gasteiger partial charge in [0.15, 0.2) is 0 Å². The summed E-state index contributed by atoms with van der Waals surface area (Å²) in [7, 11) is 0. The summed E-state index contributed by atoms with van der Waals surface area (Å²) in [6.07, 6.45) is 5.28. The third-order valence-corrected chi connectivity index (χ3v) is 4.97. The topological polar surface area (TPSA) is 3.24 Å². The summed E-state index contributed by atoms with van der Waals surface area (Å²) >= 11 is 0. The normalized spacial score (nSPS) is 21.6. The molecule has 0 unspecified atom stereocenters. The highest BCUT2D eigenvalue weighted by atomic mass is 15.2. The third-order valence-electron chi connectivity index (χ3n) is 4.97. The Kier molecular flexibility index (Phi) is 4.52. The average molecular weight is 293 g/mol. The molecule has 1 aliphatic carbocycles. The van der Waals surface area contributed by atoms with Gasteiger partial charge < -0.3 is 4.90 Å². The van der Waals surface area contributed by atoms with Crippen molar-refractivity contribution >= 4 is 11.4 Å². The van der Waals surface area contributed by atoms with E-state index in [1.54, 1.807) is 0 Å². The van der Waals surface area contributed by atoms with E-state index < -0.39 is 0 Å². The number of benzene rings is 2. The minimum Gasteiger partial charge on any atom is -0.338 e. The van der Waals surface area contributed by atoms with Gasteiger partial charge in [-0.3, -0.25) is 0 Å². The summed E-state index contributed by atoms with van der Waals surface area (Å²) in [6.45, 7) is 6.70. The molecule has 0 radical (unpaired) electrons. The fraction of sp³-hybridized carbons (Fsp3) is 0.429. The first-order valence-corrected chi connectivity index (χ1v) is 8.56. The molecule has 1 nitrogen and oxygen atoms in total. The lowest BCUT2D eigenvalue weighted by atomic mass is 9.86. The highest BCUT2D eigenvalue weighted by molar-refractivity contribution is 5.64. The molecule has 0 spiro atoms. The van der Waals surface area contributed by atoms with Gasteiger partial charge >= 0.3 is 0 Å². The average Bonchev–Trinajstić information content (AvgIpc) is 2.53. The molecule has 22 heavy (non-hydrogen) atoms. The lowest BCUT2D eigenvalue weighted by Crippen LogP contribution is -2.34. The molecule has 2 aromatic rings. The van der Waals surface area contributed by atoms with Gasteiger partial charge in [-0.15, -0.1) is 0 Å². The second kappa shape index (κ2) is 6.56. The Morgan fingerprint density at radius 3 is 1.50 bits per heavy atom. The summed E-state index contributed by atoms with van der Waals surface area (Å²) in [6, 6.07) is 18.6. The van der Waals surface area contributed by atoms with Crippen LogP contribution in [0.2, 0.25) is 0 Å². The van der Waals surface area contributed by atoms with Crippen molar-refractivity contribution in [2.24, 2.45) is 5.92 Å². The number of hydrogen-bond acceptors (Lipinski definition) is 1. The molecule has 116 valence electrons. The lowest BCUT2D eigenvalue weighted by molar-refractivity contribution is 0.345. The van der Waals surface area contributed by atoms with Gasteiger partial charge in [-0.2, -0.15) is 0 Å². The first-order valence-electron chi connectivity index (χ1n) is 8.56. The maximum atomic E-state index is 2.56. The van der Waals surface area contributed by atoms with Crippen LogP contribution in [0.25, 0.3) is 0 Å². The summed E-state index contributed by atoms with van der Waals surface area (Å²) in [4.78, 5) is 2.56. The molecule has 0 aromatic heterocycles. The van der Waals surface area contributed by atoms with Crippen molar-refractivity contribution in [1.82, 2.24) is 0 Å². The monoisotopic (exact) mass is 293 g/mol. The molecule has 0 bridgehead atoms. The molecule has 1 saturated carbocycles. The molecular weight excluding hydrogens is 266 g/mol. The van der Waals surface area contributed by atoms with Crippen LogP contribution in [0.3, 0.4) is 0 Å². The molecule has 1 heteroatoms. The SMILES string of the molecule is Cc1ccc(N(c2ccc(C)cc2)C2CCC(C)CC2)cc1. The third kappa shape index (κ3) is 3.35. The molecule has 0 amide bonds. The number of rotatable bonds is 3. The van der Waals surface area contributed by atoms with Crippen molar-refractivity contribution in [2.45, 2.75) is 52.5 Å². The Morgan fingerprint density at radius 1 is 0.682 bits per heavy atom. The molecule has 0 saturated heterocycles. The van der Waals surface area contributed by atoms with Crippen LogP contribution in [0.4, 0.5) is 11.4 Å². The largest absolute Gasteiger partial charge is 0.338 e. The van der Waals surface area contributed by atoms with Crippen molar-refractivity contribution in [2.75, 3.05) is 4.90 Å². The van der Waals surface area contributed by atoms with E-state index in [2.05, 4.69) is 74.2 Å². The van der Waals surface area contributed by atoms with Crippen LogP contribution in [0.5, 0.6) is 0 Å². The van der Waals surface area contributed by atoms with E-state index in [4.69, 9.17) is 0 Å². The zero-order valence-corrected chi connectivity index (χ0v) is 14.0. The van der Waals surface area contributed by atoms with Crippen LogP contribution in [-0.2, 0) is 0 Å². The number of hydrogen-bond donors (Lipinski definition) is 0. The molecule has 1 fully saturated rings. The zero-order chi connectivity index (χ0) is 15.5. The van der Waals surface area contributed by atoms with Gasteiger partial charge in [0.2, 0.25) is 0 Å². The van der Waals surface area contributed by atoms with Gasteiger partial charge in [0, 0.05) is 17.4 Å². The Labute approximate surface area is 135 Å². The van der Waals surface area contributed by atoms with Crippen LogP contribution in [0.1, 0.15) is 43.7 Å². The van der Waals surface area contributed by atoms with Crippen molar-refractivity contribution < 1.29 is 0 Å². The van der Waals surface area contributed by atoms with Gasteiger partial charge in [0.1, 0.15) is 0 Å². The van der Waals surface area contributed by atoms with Crippen LogP contribution in [-0.4, -0.2) is 6.04 Å². The summed E-state index contributed by atoms with van der Waals surface area (Å²) < 4.78 is 0. The number of nitrogens with zero attached hydrogens (tertiary/aromatic N) is 1. The van der Waals surface area contributed by atoms with E-state index in [0.29, 0.717) is 6.04 Å². The first kappa shape index (κ1) is 15.1. The molecule has 0 N–H and O–H groups in total. The van der Waals surface area contributed by atoms with Gasteiger partial charge in [-0.25, -0.2) is 0 Å². The summed E-state index contributed by atoms with van der Waals surface area (Å²) in [5.41, 5.74) is 5.30. The van der Waals surface area contributed by atoms with E-state index in [-0.39, 0.29) is 0 Å². The van der Waals surface area contributed by atoms with Crippen molar-refractivity contribution in [3.05, 3.63) is 59.7 Å². The Balaban J connectivity index is 1.94. The van der Waals surface area contributed by atoms with Crippen LogP contribution >= 0.6 is 0 Å². The maximum Gasteiger partial charge on any atom is 0.0413 e. The molecule has 0 atom stereocenters. The van der Waals surface area contributed by atoms with E-state index in [0.717, 1.165) is 5.92 Å². The molecule has 0 heterocycles. The second-order valence-corrected chi connectivity index (χ2v) is 6.95. The van der Waals surface area contributed by atoms with Crippen LogP contribution in [0.15, 0.2) is 48.5 Å². The molecule has 3 rings (SSSR count). The summed E-state index contributed by atoms with van der Waals surface area (Å²) in [5.74, 6) is 0.883. The fourth-order valence-electron chi connectivity index (χ4n) is 3.48. The standard InChI is InChI=1S/C21H27N/c1-16-4-10-19(11-5-16)22(20-12-6-17(2)7-13-20)21-14-8-18(3)9-15-21/h4-7,10-13,18,21H,8-9,14-15H2,1-3H3. The van der Waals surface area contributed by atoms with E-state index in [1.807, 2.05) is 0 Å². The summed E-state index contributed by atoms with van der Waals surface area (Å²) in [5, 5.41) is 0. The number of anilines is 2. The predicted molar refractivity (Wildman–Crippen MR) is 95.9 cm³/mol. The quantitative estimate of drug-likeness (QED) is 0.668. The first-order chi connectivity index (χ1) is 10.6. The van der Waals surface area contributed by atoms with Gasteiger partial charge in [-0.05, 0) is 69.7 Å². The molecule has 0 aliphatic heterocycles. The fourth-order valence-corrected chi connectivity index (χ4v) is 3.48. The molecule has 1 aliphatic rings. The van der Waals surface area contributed by atoms with Crippen molar-refractivity contribution in [1.29, 1.82) is 0 Å². The Hall–Kier alpha value is -1.76. The predicted octanol–water partition coefficient (Wildman–Crippen LogP) is 6.02. The minimum absolute atomic E-state index is 0.626. The lowest BCUT2D eigenvalue weighted by Gasteiger charge is -2.38. The van der Waals surface area contributed by atoms with Gasteiger partial charge in [0.25, 0.3) is 0 Å². The minimum atomic E-state index is 0.626. The Morgan fingerprint density at radius 2 is 1.09 bits per heavy atom. The van der Waals surface area contributed by atoms with Crippen LogP contribution in [0, 0.1) is 19.8 Å². The van der Waals surface area contributed by atoms with Gasteiger partial charge in [-0.1, -0.05) is 42.3 Å².